The van der Waals surface area contributed by atoms with Crippen molar-refractivity contribution in [1.29, 1.82) is 0 Å². The minimum Gasteiger partial charge on any atom is -0.341 e. The fourth-order valence-corrected chi connectivity index (χ4v) is 3.19. The highest BCUT2D eigenvalue weighted by Gasteiger charge is 2.34. The van der Waals surface area contributed by atoms with E-state index in [9.17, 15) is 18.0 Å². The summed E-state index contributed by atoms with van der Waals surface area (Å²) in [5, 5.41) is 3.34. The predicted molar refractivity (Wildman–Crippen MR) is 82.7 cm³/mol. The van der Waals surface area contributed by atoms with E-state index < -0.39 is 11.9 Å². The Bertz CT molecular complexity index is 698. The van der Waals surface area contributed by atoms with Gasteiger partial charge in [-0.2, -0.15) is 13.2 Å². The van der Waals surface area contributed by atoms with Gasteiger partial charge in [0.25, 0.3) is 0 Å². The lowest BCUT2D eigenvalue weighted by Crippen LogP contribution is -2.39. The van der Waals surface area contributed by atoms with E-state index in [1.165, 1.54) is 0 Å². The van der Waals surface area contributed by atoms with Gasteiger partial charge in [-0.1, -0.05) is 0 Å². The van der Waals surface area contributed by atoms with Crippen LogP contribution in [0.2, 0.25) is 0 Å². The first-order valence-electron chi connectivity index (χ1n) is 7.29. The molecule has 1 amide bonds. The van der Waals surface area contributed by atoms with Gasteiger partial charge >= 0.3 is 6.18 Å². The number of halogens is 3. The summed E-state index contributed by atoms with van der Waals surface area (Å²) in [6, 6.07) is 1.73. The largest absolute Gasteiger partial charge is 0.434 e. The van der Waals surface area contributed by atoms with Crippen LogP contribution in [0.1, 0.15) is 18.5 Å². The van der Waals surface area contributed by atoms with Gasteiger partial charge in [0.15, 0.2) is 10.8 Å². The summed E-state index contributed by atoms with van der Waals surface area (Å²) >= 11 is 0.773. The molecule has 0 saturated carbocycles. The predicted octanol–water partition coefficient (Wildman–Crippen LogP) is 2.81. The third-order valence-corrected chi connectivity index (χ3v) is 4.48. The first-order chi connectivity index (χ1) is 11.4. The van der Waals surface area contributed by atoms with Crippen LogP contribution < -0.4 is 10.2 Å². The molecular formula is C14H14F3N5OS. The SMILES string of the molecule is O=C(Nc1nc(C(F)(F)F)cs1)C1CCN(c2ncccn2)CC1. The van der Waals surface area contributed by atoms with Crippen molar-refractivity contribution in [3.05, 3.63) is 29.5 Å². The van der Waals surface area contributed by atoms with Gasteiger partial charge in [0.05, 0.1) is 0 Å². The lowest BCUT2D eigenvalue weighted by Gasteiger charge is -2.30. The van der Waals surface area contributed by atoms with Crippen LogP contribution in [-0.2, 0) is 11.0 Å². The van der Waals surface area contributed by atoms with Crippen molar-refractivity contribution < 1.29 is 18.0 Å². The maximum absolute atomic E-state index is 12.5. The normalized spacial score (nSPS) is 16.2. The number of aromatic nitrogens is 3. The van der Waals surface area contributed by atoms with Crippen molar-refractivity contribution in [3.8, 4) is 0 Å². The van der Waals surface area contributed by atoms with Crippen LogP contribution in [-0.4, -0.2) is 33.9 Å². The molecule has 0 radical (unpaired) electrons. The van der Waals surface area contributed by atoms with E-state index in [1.54, 1.807) is 18.5 Å². The van der Waals surface area contributed by atoms with Crippen molar-refractivity contribution in [1.82, 2.24) is 15.0 Å². The lowest BCUT2D eigenvalue weighted by atomic mass is 9.96. The fraction of sp³-hybridized carbons (Fsp3) is 0.429. The van der Waals surface area contributed by atoms with E-state index in [0.29, 0.717) is 31.9 Å². The Morgan fingerprint density at radius 2 is 1.92 bits per heavy atom. The summed E-state index contributed by atoms with van der Waals surface area (Å²) in [6.45, 7) is 1.24. The Balaban J connectivity index is 1.55. The van der Waals surface area contributed by atoms with Crippen molar-refractivity contribution in [3.63, 3.8) is 0 Å². The highest BCUT2D eigenvalue weighted by molar-refractivity contribution is 7.13. The molecular weight excluding hydrogens is 343 g/mol. The van der Waals surface area contributed by atoms with E-state index in [4.69, 9.17) is 0 Å². The van der Waals surface area contributed by atoms with Crippen molar-refractivity contribution in [2.45, 2.75) is 19.0 Å². The molecule has 128 valence electrons. The quantitative estimate of drug-likeness (QED) is 0.915. The molecule has 0 bridgehead atoms. The Labute approximate surface area is 139 Å². The standard InChI is InChI=1S/C14H14F3N5OS/c15-14(16,17)10-8-24-13(20-10)21-11(23)9-2-6-22(7-3-9)12-18-4-1-5-19-12/h1,4-5,8-9H,2-3,6-7H2,(H,20,21,23). The molecule has 2 aromatic heterocycles. The number of nitrogens with zero attached hydrogens (tertiary/aromatic N) is 4. The number of thiazole rings is 1. The number of hydrogen-bond acceptors (Lipinski definition) is 6. The molecule has 3 heterocycles. The van der Waals surface area contributed by atoms with Crippen LogP contribution in [0, 0.1) is 5.92 Å². The van der Waals surface area contributed by atoms with Gasteiger partial charge in [-0.25, -0.2) is 15.0 Å². The third-order valence-electron chi connectivity index (χ3n) is 3.73. The average molecular weight is 357 g/mol. The van der Waals surface area contributed by atoms with Crippen molar-refractivity contribution >= 4 is 28.3 Å². The maximum Gasteiger partial charge on any atom is 0.434 e. The Morgan fingerprint density at radius 1 is 1.25 bits per heavy atom. The summed E-state index contributed by atoms with van der Waals surface area (Å²) in [5.41, 5.74) is -0.987. The van der Waals surface area contributed by atoms with Gasteiger partial charge < -0.3 is 10.2 Å². The molecule has 24 heavy (non-hydrogen) atoms. The Morgan fingerprint density at radius 3 is 2.50 bits per heavy atom. The highest BCUT2D eigenvalue weighted by Crippen LogP contribution is 2.32. The van der Waals surface area contributed by atoms with Gasteiger partial charge in [0, 0.05) is 36.8 Å². The topological polar surface area (TPSA) is 71.0 Å². The number of carbonyl (C=O) groups is 1. The Hall–Kier alpha value is -2.23. The number of piperidine rings is 1. The monoisotopic (exact) mass is 357 g/mol. The molecule has 0 unspecified atom stereocenters. The molecule has 0 aromatic carbocycles. The van der Waals surface area contributed by atoms with E-state index >= 15 is 0 Å². The number of nitrogens with one attached hydrogen (secondary N) is 1. The summed E-state index contributed by atoms with van der Waals surface area (Å²) in [4.78, 5) is 25.9. The smallest absolute Gasteiger partial charge is 0.341 e. The minimum atomic E-state index is -4.50. The summed E-state index contributed by atoms with van der Waals surface area (Å²) < 4.78 is 37.5. The van der Waals surface area contributed by atoms with E-state index in [0.717, 1.165) is 16.7 Å². The number of anilines is 2. The molecule has 1 saturated heterocycles. The molecule has 0 aliphatic carbocycles. The van der Waals surface area contributed by atoms with Crippen LogP contribution in [0.4, 0.5) is 24.3 Å². The average Bonchev–Trinajstić information content (AvgIpc) is 3.05. The molecule has 0 spiro atoms. The second-order valence-corrected chi connectivity index (χ2v) is 6.19. The molecule has 2 aromatic rings. The zero-order valence-corrected chi connectivity index (χ0v) is 13.3. The first kappa shape index (κ1) is 16.6. The molecule has 6 nitrogen and oxygen atoms in total. The number of amides is 1. The van der Waals surface area contributed by atoms with Crippen molar-refractivity contribution in [2.24, 2.45) is 5.92 Å². The molecule has 1 aliphatic rings. The van der Waals surface area contributed by atoms with Crippen LogP contribution >= 0.6 is 11.3 Å². The van der Waals surface area contributed by atoms with Gasteiger partial charge in [-0.15, -0.1) is 11.3 Å². The zero-order valence-electron chi connectivity index (χ0n) is 12.5. The maximum atomic E-state index is 12.5. The number of rotatable bonds is 3. The summed E-state index contributed by atoms with van der Waals surface area (Å²) in [6.07, 6.45) is -0.0205. The van der Waals surface area contributed by atoms with Crippen molar-refractivity contribution in [2.75, 3.05) is 23.3 Å². The second-order valence-electron chi connectivity index (χ2n) is 5.34. The van der Waals surface area contributed by atoms with Crippen LogP contribution in [0.5, 0.6) is 0 Å². The zero-order chi connectivity index (χ0) is 17.2. The lowest BCUT2D eigenvalue weighted by molar-refractivity contribution is -0.140. The third kappa shape index (κ3) is 3.81. The molecule has 1 fully saturated rings. The minimum absolute atomic E-state index is 0.0267. The molecule has 3 rings (SSSR count). The number of hydrogen-bond donors (Lipinski definition) is 1. The summed E-state index contributed by atoms with van der Waals surface area (Å²) in [5.74, 6) is 0.0565. The first-order valence-corrected chi connectivity index (χ1v) is 8.17. The van der Waals surface area contributed by atoms with Gasteiger partial charge in [0.1, 0.15) is 0 Å². The summed E-state index contributed by atoms with van der Waals surface area (Å²) in [7, 11) is 0. The molecule has 0 atom stereocenters. The Kier molecular flexibility index (Phi) is 4.65. The van der Waals surface area contributed by atoms with E-state index in [-0.39, 0.29) is 17.0 Å². The van der Waals surface area contributed by atoms with Gasteiger partial charge in [0.2, 0.25) is 11.9 Å². The molecule has 1 N–H and O–H groups in total. The van der Waals surface area contributed by atoms with Gasteiger partial charge in [-0.05, 0) is 18.9 Å². The van der Waals surface area contributed by atoms with E-state index in [2.05, 4.69) is 20.3 Å². The number of alkyl halides is 3. The number of carbonyl (C=O) groups excluding carboxylic acids is 1. The van der Waals surface area contributed by atoms with E-state index in [1.807, 2.05) is 4.90 Å². The second kappa shape index (κ2) is 6.71. The van der Waals surface area contributed by atoms with Crippen LogP contribution in [0.15, 0.2) is 23.8 Å². The highest BCUT2D eigenvalue weighted by atomic mass is 32.1. The van der Waals surface area contributed by atoms with Gasteiger partial charge in [-0.3, -0.25) is 4.79 Å². The van der Waals surface area contributed by atoms with Crippen LogP contribution in [0.25, 0.3) is 0 Å². The molecule has 1 aliphatic heterocycles. The molecule has 10 heteroatoms. The fourth-order valence-electron chi connectivity index (χ4n) is 2.47. The van der Waals surface area contributed by atoms with Crippen LogP contribution in [0.3, 0.4) is 0 Å².